The lowest BCUT2D eigenvalue weighted by molar-refractivity contribution is -0.117. The highest BCUT2D eigenvalue weighted by molar-refractivity contribution is 9.09. The molecule has 0 radical (unpaired) electrons. The summed E-state index contributed by atoms with van der Waals surface area (Å²) in [5, 5.41) is 4.03. The van der Waals surface area contributed by atoms with Crippen molar-refractivity contribution in [2.45, 2.75) is 58.8 Å². The second-order valence-corrected chi connectivity index (χ2v) is 9.88. The summed E-state index contributed by atoms with van der Waals surface area (Å²) < 4.78 is 0. The fourth-order valence-corrected chi connectivity index (χ4v) is 4.44. The van der Waals surface area contributed by atoms with Crippen LogP contribution in [0.25, 0.3) is 0 Å². The third-order valence-electron chi connectivity index (χ3n) is 5.62. The molecule has 0 aliphatic heterocycles. The second-order valence-electron chi connectivity index (χ2n) is 8.37. The van der Waals surface area contributed by atoms with E-state index in [2.05, 4.69) is 64.1 Å². The molecule has 0 bridgehead atoms. The van der Waals surface area contributed by atoms with Gasteiger partial charge in [0.2, 0.25) is 0 Å². The van der Waals surface area contributed by atoms with Crippen LogP contribution in [0.4, 0.5) is 5.69 Å². The van der Waals surface area contributed by atoms with Crippen LogP contribution in [0.3, 0.4) is 0 Å². The SMILES string of the molecule is CCN(C)C=Nc1cc(C)c(Cc2nc(C3CC3)cs2)cc1C.O=C(CBr)C1CC1. The Morgan fingerprint density at radius 1 is 1.27 bits per heavy atom. The van der Waals surface area contributed by atoms with Gasteiger partial charge in [-0.25, -0.2) is 9.98 Å². The first-order valence-corrected chi connectivity index (χ1v) is 12.8. The number of aromatic nitrogens is 1. The normalized spacial score (nSPS) is 15.8. The van der Waals surface area contributed by atoms with Crippen LogP contribution in [-0.4, -0.2) is 40.9 Å². The number of nitrogens with zero attached hydrogens (tertiary/aromatic N) is 3. The highest BCUT2D eigenvalue weighted by Crippen LogP contribution is 2.40. The largest absolute Gasteiger partial charge is 0.366 e. The molecule has 1 aromatic carbocycles. The fourth-order valence-electron chi connectivity index (χ4n) is 3.08. The zero-order chi connectivity index (χ0) is 21.7. The lowest BCUT2D eigenvalue weighted by Gasteiger charge is -2.11. The topological polar surface area (TPSA) is 45.6 Å². The Labute approximate surface area is 193 Å². The Kier molecular flexibility index (Phi) is 8.23. The molecule has 4 nitrogen and oxygen atoms in total. The monoisotopic (exact) mass is 489 g/mol. The average molecular weight is 491 g/mol. The minimum Gasteiger partial charge on any atom is -0.366 e. The van der Waals surface area contributed by atoms with Gasteiger partial charge in [-0.3, -0.25) is 4.79 Å². The molecule has 0 atom stereocenters. The standard InChI is InChI=1S/C19H25N3S.C5H7BrO/c1-5-22(4)12-20-17-9-13(2)16(8-14(17)3)10-19-21-18(11-23-19)15-6-7-15;6-3-5(7)4-1-2-4/h8-9,11-12,15H,5-7,10H2,1-4H3;4H,1-3H2. The average Bonchev–Trinajstić information content (AvgIpc) is 3.67. The van der Waals surface area contributed by atoms with Crippen molar-refractivity contribution in [2.75, 3.05) is 18.9 Å². The first kappa shape index (κ1) is 23.1. The summed E-state index contributed by atoms with van der Waals surface area (Å²) >= 11 is 4.91. The summed E-state index contributed by atoms with van der Waals surface area (Å²) in [6.45, 7) is 7.40. The van der Waals surface area contributed by atoms with Crippen LogP contribution in [0.1, 0.15) is 65.9 Å². The number of aryl methyl sites for hydroxylation is 2. The molecular formula is C24H32BrN3OS. The van der Waals surface area contributed by atoms with Crippen LogP contribution in [0.15, 0.2) is 22.5 Å². The number of rotatable bonds is 8. The van der Waals surface area contributed by atoms with E-state index >= 15 is 0 Å². The van der Waals surface area contributed by atoms with Crippen molar-refractivity contribution >= 4 is 45.1 Å². The summed E-state index contributed by atoms with van der Waals surface area (Å²) in [5.74, 6) is 1.55. The first-order valence-electron chi connectivity index (χ1n) is 10.8. The number of halogens is 1. The molecular weight excluding hydrogens is 458 g/mol. The predicted molar refractivity (Wildman–Crippen MR) is 131 cm³/mol. The summed E-state index contributed by atoms with van der Waals surface area (Å²) in [6, 6.07) is 4.46. The van der Waals surface area contributed by atoms with E-state index in [0.29, 0.717) is 17.0 Å². The minimum absolute atomic E-state index is 0.375. The lowest BCUT2D eigenvalue weighted by atomic mass is 10.0. The van der Waals surface area contributed by atoms with Crippen molar-refractivity contribution < 1.29 is 4.79 Å². The summed E-state index contributed by atoms with van der Waals surface area (Å²) in [7, 11) is 2.04. The van der Waals surface area contributed by atoms with Crippen LogP contribution >= 0.6 is 27.3 Å². The molecule has 2 fully saturated rings. The van der Waals surface area contributed by atoms with Crippen LogP contribution in [0.2, 0.25) is 0 Å². The van der Waals surface area contributed by atoms with Crippen molar-refractivity contribution in [2.24, 2.45) is 10.9 Å². The number of alkyl halides is 1. The van der Waals surface area contributed by atoms with Gasteiger partial charge in [-0.05, 0) is 69.2 Å². The van der Waals surface area contributed by atoms with E-state index in [1.165, 1.54) is 40.2 Å². The third kappa shape index (κ3) is 6.74. The van der Waals surface area contributed by atoms with Gasteiger partial charge in [0.15, 0.2) is 0 Å². The van der Waals surface area contributed by atoms with Crippen LogP contribution in [0, 0.1) is 19.8 Å². The Bertz CT molecular complexity index is 900. The molecule has 0 N–H and O–H groups in total. The van der Waals surface area contributed by atoms with Crippen molar-refractivity contribution in [3.05, 3.63) is 44.9 Å². The minimum atomic E-state index is 0.375. The van der Waals surface area contributed by atoms with Gasteiger partial charge in [0.25, 0.3) is 0 Å². The maximum atomic E-state index is 10.5. The van der Waals surface area contributed by atoms with Crippen LogP contribution < -0.4 is 0 Å². The molecule has 0 amide bonds. The van der Waals surface area contributed by atoms with Gasteiger partial charge in [0.1, 0.15) is 5.78 Å². The predicted octanol–water partition coefficient (Wildman–Crippen LogP) is 6.20. The van der Waals surface area contributed by atoms with Gasteiger partial charge >= 0.3 is 0 Å². The smallest absolute Gasteiger partial charge is 0.146 e. The Balaban J connectivity index is 0.000000310. The van der Waals surface area contributed by atoms with Gasteiger partial charge in [-0.1, -0.05) is 22.0 Å². The number of carbonyl (C=O) groups is 1. The molecule has 6 heteroatoms. The van der Waals surface area contributed by atoms with E-state index in [4.69, 9.17) is 4.98 Å². The maximum absolute atomic E-state index is 10.5. The molecule has 30 heavy (non-hydrogen) atoms. The number of ketones is 1. The molecule has 1 aromatic heterocycles. The Morgan fingerprint density at radius 3 is 2.57 bits per heavy atom. The summed E-state index contributed by atoms with van der Waals surface area (Å²) in [4.78, 5) is 22.0. The number of hydrogen-bond donors (Lipinski definition) is 0. The van der Waals surface area contributed by atoms with E-state index in [9.17, 15) is 4.79 Å². The number of aliphatic imine (C=N–C) groups is 1. The van der Waals surface area contributed by atoms with Gasteiger partial charge in [0.05, 0.1) is 28.1 Å². The van der Waals surface area contributed by atoms with Gasteiger partial charge in [0, 0.05) is 37.2 Å². The van der Waals surface area contributed by atoms with Crippen molar-refractivity contribution in [1.29, 1.82) is 0 Å². The molecule has 0 unspecified atom stereocenters. The number of thiazole rings is 1. The van der Waals surface area contributed by atoms with Gasteiger partial charge < -0.3 is 4.90 Å². The highest BCUT2D eigenvalue weighted by Gasteiger charge is 2.28. The summed E-state index contributed by atoms with van der Waals surface area (Å²) in [6.07, 6.45) is 7.74. The third-order valence-corrected chi connectivity index (χ3v) is 7.04. The molecule has 2 aliphatic rings. The molecule has 162 valence electrons. The molecule has 2 aromatic rings. The summed E-state index contributed by atoms with van der Waals surface area (Å²) in [5.41, 5.74) is 6.25. The number of benzene rings is 1. The zero-order valence-electron chi connectivity index (χ0n) is 18.4. The van der Waals surface area contributed by atoms with Crippen molar-refractivity contribution in [3.63, 3.8) is 0 Å². The van der Waals surface area contributed by atoms with Crippen molar-refractivity contribution in [1.82, 2.24) is 9.88 Å². The lowest BCUT2D eigenvalue weighted by Crippen LogP contribution is -2.14. The molecule has 4 rings (SSSR count). The van der Waals surface area contributed by atoms with Crippen molar-refractivity contribution in [3.8, 4) is 0 Å². The number of hydrogen-bond acceptors (Lipinski definition) is 4. The Morgan fingerprint density at radius 2 is 2.00 bits per heavy atom. The number of carbonyl (C=O) groups excluding carboxylic acids is 1. The molecule has 2 saturated carbocycles. The van der Waals surface area contributed by atoms with Gasteiger partial charge in [-0.15, -0.1) is 11.3 Å². The Hall–Kier alpha value is -1.53. The second kappa shape index (κ2) is 10.7. The van der Waals surface area contributed by atoms with E-state index in [0.717, 1.165) is 37.4 Å². The van der Waals surface area contributed by atoms with Crippen LogP contribution in [0.5, 0.6) is 0 Å². The van der Waals surface area contributed by atoms with E-state index in [-0.39, 0.29) is 0 Å². The number of Topliss-reactive ketones (excluding diaryl/α,β-unsaturated/α-hetero) is 1. The molecule has 0 saturated heterocycles. The fraction of sp³-hybridized carbons (Fsp3) is 0.542. The van der Waals surface area contributed by atoms with E-state index in [1.54, 1.807) is 11.3 Å². The molecule has 2 aliphatic carbocycles. The van der Waals surface area contributed by atoms with E-state index < -0.39 is 0 Å². The highest BCUT2D eigenvalue weighted by atomic mass is 79.9. The molecule has 1 heterocycles. The van der Waals surface area contributed by atoms with E-state index in [1.807, 2.05) is 13.4 Å². The zero-order valence-corrected chi connectivity index (χ0v) is 20.9. The first-order chi connectivity index (χ1) is 14.4. The maximum Gasteiger partial charge on any atom is 0.146 e. The van der Waals surface area contributed by atoms with Gasteiger partial charge in [-0.2, -0.15) is 0 Å². The van der Waals surface area contributed by atoms with Crippen LogP contribution in [-0.2, 0) is 11.2 Å². The quantitative estimate of drug-likeness (QED) is 0.251. The molecule has 0 spiro atoms.